The maximum Gasteiger partial charge on any atom is 0.197 e. The van der Waals surface area contributed by atoms with Gasteiger partial charge in [0.25, 0.3) is 0 Å². The number of nitrogens with zero attached hydrogens (tertiary/aromatic N) is 2. The fraction of sp³-hybridized carbons (Fsp3) is 0.500. The summed E-state index contributed by atoms with van der Waals surface area (Å²) in [5, 5.41) is 0. The van der Waals surface area contributed by atoms with E-state index in [0.717, 1.165) is 47.7 Å². The molecule has 0 atom stereocenters. The Balaban J connectivity index is 1.46. The first-order valence-corrected chi connectivity index (χ1v) is 9.83. The lowest BCUT2D eigenvalue weighted by atomic mass is 9.76. The summed E-state index contributed by atoms with van der Waals surface area (Å²) >= 11 is 0. The number of anilines is 1. The highest BCUT2D eigenvalue weighted by atomic mass is 32.2. The topological polar surface area (TPSA) is 46.3 Å². The van der Waals surface area contributed by atoms with Crippen LogP contribution in [0.25, 0.3) is 11.3 Å². The quantitative estimate of drug-likeness (QED) is 0.865. The third-order valence-electron chi connectivity index (χ3n) is 4.95. The van der Waals surface area contributed by atoms with E-state index in [-0.39, 0.29) is 0 Å². The number of hydrogen-bond acceptors (Lipinski definition) is 4. The molecule has 4 rings (SSSR count). The van der Waals surface area contributed by atoms with Gasteiger partial charge in [-0.25, -0.2) is 4.98 Å². The fourth-order valence-corrected chi connectivity index (χ4v) is 4.50. The molecule has 5 heteroatoms. The van der Waals surface area contributed by atoms with Gasteiger partial charge >= 0.3 is 0 Å². The van der Waals surface area contributed by atoms with Crippen molar-refractivity contribution in [1.82, 2.24) is 4.98 Å². The van der Waals surface area contributed by atoms with Gasteiger partial charge in [-0.05, 0) is 30.9 Å². The van der Waals surface area contributed by atoms with Crippen molar-refractivity contribution in [3.63, 3.8) is 0 Å². The van der Waals surface area contributed by atoms with E-state index in [4.69, 9.17) is 4.42 Å². The molecule has 2 heterocycles. The van der Waals surface area contributed by atoms with E-state index in [9.17, 15) is 4.21 Å². The van der Waals surface area contributed by atoms with Crippen LogP contribution in [0, 0.1) is 5.92 Å². The van der Waals surface area contributed by atoms with Crippen LogP contribution in [0.4, 0.5) is 5.69 Å². The standard InChI is InChI=1S/C18H22N2O2S/c1-13-10-15(11-13)18-19-17(12-22-18)14-2-4-16(5-3-14)20-6-8-23(21)9-7-20/h2-5,12-13,15H,6-11H2,1H3. The summed E-state index contributed by atoms with van der Waals surface area (Å²) in [5.41, 5.74) is 3.21. The predicted octanol–water partition coefficient (Wildman–Crippen LogP) is 3.42. The Morgan fingerprint density at radius 2 is 1.87 bits per heavy atom. The van der Waals surface area contributed by atoms with Crippen molar-refractivity contribution in [3.8, 4) is 11.3 Å². The van der Waals surface area contributed by atoms with Crippen LogP contribution < -0.4 is 4.90 Å². The Labute approximate surface area is 139 Å². The molecule has 0 radical (unpaired) electrons. The average Bonchev–Trinajstić information content (AvgIpc) is 3.02. The molecule has 1 saturated heterocycles. The highest BCUT2D eigenvalue weighted by Crippen LogP contribution is 2.41. The molecule has 2 fully saturated rings. The summed E-state index contributed by atoms with van der Waals surface area (Å²) in [7, 11) is -0.633. The Morgan fingerprint density at radius 1 is 1.17 bits per heavy atom. The van der Waals surface area contributed by atoms with Crippen LogP contribution in [-0.2, 0) is 10.8 Å². The number of benzene rings is 1. The minimum atomic E-state index is -0.633. The summed E-state index contributed by atoms with van der Waals surface area (Å²) in [5.74, 6) is 3.74. The maximum absolute atomic E-state index is 11.5. The summed E-state index contributed by atoms with van der Waals surface area (Å²) in [6, 6.07) is 8.46. The van der Waals surface area contributed by atoms with Crippen LogP contribution in [0.2, 0.25) is 0 Å². The van der Waals surface area contributed by atoms with Gasteiger partial charge in [-0.3, -0.25) is 4.21 Å². The van der Waals surface area contributed by atoms with Crippen LogP contribution in [-0.4, -0.2) is 33.8 Å². The lowest BCUT2D eigenvalue weighted by Crippen LogP contribution is -2.37. The average molecular weight is 330 g/mol. The van der Waals surface area contributed by atoms with E-state index in [1.54, 1.807) is 6.26 Å². The number of aromatic nitrogens is 1. The lowest BCUT2D eigenvalue weighted by Gasteiger charge is -2.29. The minimum absolute atomic E-state index is 0.507. The fourth-order valence-electron chi connectivity index (χ4n) is 3.45. The van der Waals surface area contributed by atoms with E-state index < -0.39 is 10.8 Å². The van der Waals surface area contributed by atoms with Crippen LogP contribution in [0.5, 0.6) is 0 Å². The van der Waals surface area contributed by atoms with E-state index in [2.05, 4.69) is 41.1 Å². The SMILES string of the molecule is CC1CC(c2nc(-c3ccc(N4CCS(=O)CC4)cc3)co2)C1. The molecule has 0 spiro atoms. The molecule has 0 amide bonds. The van der Waals surface area contributed by atoms with Crippen LogP contribution >= 0.6 is 0 Å². The molecule has 1 saturated carbocycles. The van der Waals surface area contributed by atoms with E-state index in [1.807, 2.05) is 0 Å². The first-order chi connectivity index (χ1) is 11.2. The number of oxazole rings is 1. The van der Waals surface area contributed by atoms with Gasteiger partial charge in [0.05, 0.1) is 0 Å². The van der Waals surface area contributed by atoms with E-state index in [0.29, 0.717) is 5.92 Å². The number of hydrogen-bond donors (Lipinski definition) is 0. The molecule has 23 heavy (non-hydrogen) atoms. The molecule has 0 bridgehead atoms. The molecule has 0 unspecified atom stereocenters. The predicted molar refractivity (Wildman–Crippen MR) is 93.2 cm³/mol. The van der Waals surface area contributed by atoms with Crippen molar-refractivity contribution in [2.45, 2.75) is 25.7 Å². The Kier molecular flexibility index (Phi) is 3.97. The van der Waals surface area contributed by atoms with E-state index >= 15 is 0 Å². The second-order valence-electron chi connectivity index (χ2n) is 6.73. The Hall–Kier alpha value is -1.62. The second-order valence-corrected chi connectivity index (χ2v) is 8.42. The summed E-state index contributed by atoms with van der Waals surface area (Å²) in [4.78, 5) is 6.97. The number of rotatable bonds is 3. The molecular weight excluding hydrogens is 308 g/mol. The molecule has 1 aliphatic heterocycles. The first kappa shape index (κ1) is 14.9. The van der Waals surface area contributed by atoms with Crippen molar-refractivity contribution in [3.05, 3.63) is 36.4 Å². The third kappa shape index (κ3) is 3.07. The van der Waals surface area contributed by atoms with Crippen molar-refractivity contribution in [2.75, 3.05) is 29.5 Å². The zero-order chi connectivity index (χ0) is 15.8. The van der Waals surface area contributed by atoms with Gasteiger partial charge in [0, 0.05) is 52.6 Å². The zero-order valence-corrected chi connectivity index (χ0v) is 14.2. The van der Waals surface area contributed by atoms with Gasteiger partial charge in [0.1, 0.15) is 12.0 Å². The molecule has 1 aromatic carbocycles. The van der Waals surface area contributed by atoms with Gasteiger partial charge in [-0.1, -0.05) is 19.1 Å². The van der Waals surface area contributed by atoms with Crippen molar-refractivity contribution in [2.24, 2.45) is 5.92 Å². The van der Waals surface area contributed by atoms with Crippen LogP contribution in [0.1, 0.15) is 31.6 Å². The van der Waals surface area contributed by atoms with E-state index in [1.165, 1.54) is 18.5 Å². The first-order valence-electron chi connectivity index (χ1n) is 8.35. The highest BCUT2D eigenvalue weighted by Gasteiger charge is 2.30. The zero-order valence-electron chi connectivity index (χ0n) is 13.4. The van der Waals surface area contributed by atoms with Gasteiger partial charge < -0.3 is 9.32 Å². The molecule has 1 aromatic heterocycles. The van der Waals surface area contributed by atoms with Crippen LogP contribution in [0.15, 0.2) is 34.9 Å². The van der Waals surface area contributed by atoms with Crippen molar-refractivity contribution >= 4 is 16.5 Å². The highest BCUT2D eigenvalue weighted by molar-refractivity contribution is 7.85. The molecular formula is C18H22N2O2S. The van der Waals surface area contributed by atoms with Crippen molar-refractivity contribution < 1.29 is 8.63 Å². The molecule has 2 aliphatic rings. The molecule has 2 aromatic rings. The molecule has 122 valence electrons. The minimum Gasteiger partial charge on any atom is -0.448 e. The Bertz CT molecular complexity index is 694. The second kappa shape index (κ2) is 6.11. The normalized spacial score (nSPS) is 25.3. The van der Waals surface area contributed by atoms with Gasteiger partial charge in [0.15, 0.2) is 5.89 Å². The summed E-state index contributed by atoms with van der Waals surface area (Å²) in [6.07, 6.45) is 4.15. The van der Waals surface area contributed by atoms with Gasteiger partial charge in [0.2, 0.25) is 0 Å². The van der Waals surface area contributed by atoms with Crippen molar-refractivity contribution in [1.29, 1.82) is 0 Å². The summed E-state index contributed by atoms with van der Waals surface area (Å²) in [6.45, 7) is 4.02. The molecule has 0 N–H and O–H groups in total. The van der Waals surface area contributed by atoms with Gasteiger partial charge in [-0.2, -0.15) is 0 Å². The largest absolute Gasteiger partial charge is 0.448 e. The lowest BCUT2D eigenvalue weighted by molar-refractivity contribution is 0.246. The Morgan fingerprint density at radius 3 is 2.52 bits per heavy atom. The molecule has 1 aliphatic carbocycles. The van der Waals surface area contributed by atoms with Gasteiger partial charge in [-0.15, -0.1) is 0 Å². The maximum atomic E-state index is 11.5. The van der Waals surface area contributed by atoms with Crippen LogP contribution in [0.3, 0.4) is 0 Å². The molecule has 4 nitrogen and oxygen atoms in total. The summed E-state index contributed by atoms with van der Waals surface area (Å²) < 4.78 is 17.1. The smallest absolute Gasteiger partial charge is 0.197 e. The monoisotopic (exact) mass is 330 g/mol. The third-order valence-corrected chi connectivity index (χ3v) is 6.23.